The van der Waals surface area contributed by atoms with Crippen LogP contribution in [0.4, 0.5) is 4.39 Å². The van der Waals surface area contributed by atoms with Crippen molar-refractivity contribution in [3.8, 4) is 0 Å². The molecule has 0 aliphatic carbocycles. The van der Waals surface area contributed by atoms with Crippen molar-refractivity contribution in [1.29, 1.82) is 0 Å². The molecule has 1 aliphatic heterocycles. The monoisotopic (exact) mass is 294 g/mol. The van der Waals surface area contributed by atoms with Gasteiger partial charge in [0.05, 0.1) is 11.8 Å². The van der Waals surface area contributed by atoms with Crippen molar-refractivity contribution in [3.63, 3.8) is 0 Å². The lowest BCUT2D eigenvalue weighted by molar-refractivity contribution is 0.446. The van der Waals surface area contributed by atoms with Gasteiger partial charge in [0.1, 0.15) is 5.82 Å². The minimum Gasteiger partial charge on any atom is -0.358 e. The molecule has 0 bridgehead atoms. The quantitative estimate of drug-likeness (QED) is 0.924. The van der Waals surface area contributed by atoms with E-state index in [2.05, 4.69) is 4.98 Å². The predicted molar refractivity (Wildman–Crippen MR) is 77.3 cm³/mol. The van der Waals surface area contributed by atoms with Crippen LogP contribution in [0, 0.1) is 5.82 Å². The number of benzene rings is 1. The lowest BCUT2D eigenvalue weighted by Gasteiger charge is -2.24. The zero-order chi connectivity index (χ0) is 14.3. The fourth-order valence-corrected chi connectivity index (χ4v) is 3.35. The van der Waals surface area contributed by atoms with E-state index in [0.29, 0.717) is 25.0 Å². The molecule has 1 aromatic carbocycles. The van der Waals surface area contributed by atoms with Crippen molar-refractivity contribution < 1.29 is 12.8 Å². The lowest BCUT2D eigenvalue weighted by Crippen LogP contribution is -2.33. The zero-order valence-electron chi connectivity index (χ0n) is 11.1. The SMILES string of the molecule is CS(=O)(=O)N1CC=C(c2c[nH]c3c(F)cccc23)CC1. The van der Waals surface area contributed by atoms with Gasteiger partial charge in [0.15, 0.2) is 0 Å². The topological polar surface area (TPSA) is 53.2 Å². The van der Waals surface area contributed by atoms with Gasteiger partial charge in [-0.1, -0.05) is 18.2 Å². The first-order chi connectivity index (χ1) is 9.47. The van der Waals surface area contributed by atoms with Gasteiger partial charge in [-0.2, -0.15) is 4.31 Å². The second-order valence-corrected chi connectivity index (χ2v) is 6.95. The molecule has 2 aromatic rings. The first-order valence-corrected chi connectivity index (χ1v) is 8.22. The van der Waals surface area contributed by atoms with Crippen LogP contribution in [0.2, 0.25) is 0 Å². The van der Waals surface area contributed by atoms with Crippen molar-refractivity contribution >= 4 is 26.5 Å². The van der Waals surface area contributed by atoms with Crippen molar-refractivity contribution in [1.82, 2.24) is 9.29 Å². The molecule has 20 heavy (non-hydrogen) atoms. The molecular weight excluding hydrogens is 279 g/mol. The van der Waals surface area contributed by atoms with Crippen molar-refractivity contribution in [3.05, 3.63) is 41.9 Å². The molecule has 0 saturated carbocycles. The van der Waals surface area contributed by atoms with Gasteiger partial charge in [0, 0.05) is 30.2 Å². The van der Waals surface area contributed by atoms with Crippen molar-refractivity contribution in [2.24, 2.45) is 0 Å². The minimum absolute atomic E-state index is 0.275. The molecule has 2 heterocycles. The van der Waals surface area contributed by atoms with E-state index in [9.17, 15) is 12.8 Å². The summed E-state index contributed by atoms with van der Waals surface area (Å²) in [6, 6.07) is 4.97. The van der Waals surface area contributed by atoms with Gasteiger partial charge >= 0.3 is 0 Å². The number of halogens is 1. The van der Waals surface area contributed by atoms with Crippen molar-refractivity contribution in [2.45, 2.75) is 6.42 Å². The van der Waals surface area contributed by atoms with E-state index in [1.54, 1.807) is 12.3 Å². The van der Waals surface area contributed by atoms with E-state index in [0.717, 1.165) is 16.5 Å². The first-order valence-electron chi connectivity index (χ1n) is 6.37. The Labute approximate surface area is 117 Å². The van der Waals surface area contributed by atoms with E-state index >= 15 is 0 Å². The average Bonchev–Trinajstić information content (AvgIpc) is 2.83. The fourth-order valence-electron chi connectivity index (χ4n) is 2.58. The van der Waals surface area contributed by atoms with E-state index in [4.69, 9.17) is 0 Å². The number of aromatic nitrogens is 1. The highest BCUT2D eigenvalue weighted by atomic mass is 32.2. The van der Waals surface area contributed by atoms with Crippen LogP contribution >= 0.6 is 0 Å². The van der Waals surface area contributed by atoms with Crippen LogP contribution < -0.4 is 0 Å². The van der Waals surface area contributed by atoms with Gasteiger partial charge in [0.2, 0.25) is 10.0 Å². The summed E-state index contributed by atoms with van der Waals surface area (Å²) in [6.45, 7) is 0.836. The van der Waals surface area contributed by atoms with Crippen LogP contribution in [0.5, 0.6) is 0 Å². The van der Waals surface area contributed by atoms with E-state index < -0.39 is 10.0 Å². The van der Waals surface area contributed by atoms with Crippen molar-refractivity contribution in [2.75, 3.05) is 19.3 Å². The Morgan fingerprint density at radius 2 is 2.15 bits per heavy atom. The molecule has 0 fully saturated rings. The minimum atomic E-state index is -3.15. The molecule has 6 heteroatoms. The first kappa shape index (κ1) is 13.3. The number of rotatable bonds is 2. The van der Waals surface area contributed by atoms with Gasteiger partial charge in [-0.25, -0.2) is 12.8 Å². The summed E-state index contributed by atoms with van der Waals surface area (Å²) >= 11 is 0. The summed E-state index contributed by atoms with van der Waals surface area (Å²) < 4.78 is 38.0. The second kappa shape index (κ2) is 4.71. The summed E-state index contributed by atoms with van der Waals surface area (Å²) in [4.78, 5) is 2.95. The summed E-state index contributed by atoms with van der Waals surface area (Å²) in [5.41, 5.74) is 2.50. The largest absolute Gasteiger partial charge is 0.358 e. The molecule has 1 N–H and O–H groups in total. The molecule has 0 radical (unpaired) electrons. The number of nitrogens with zero attached hydrogens (tertiary/aromatic N) is 1. The lowest BCUT2D eigenvalue weighted by atomic mass is 10.00. The summed E-state index contributed by atoms with van der Waals surface area (Å²) in [5.74, 6) is -0.275. The molecule has 106 valence electrons. The standard InChI is InChI=1S/C14H15FN2O2S/c1-20(18,19)17-7-5-10(6-8-17)12-9-16-14-11(12)3-2-4-13(14)15/h2-5,9,16H,6-8H2,1H3. The van der Waals surface area contributed by atoms with Crippen LogP contribution in [-0.4, -0.2) is 37.1 Å². The van der Waals surface area contributed by atoms with E-state index in [1.807, 2.05) is 12.1 Å². The Bertz CT molecular complexity index is 793. The molecular formula is C14H15FN2O2S. The summed E-state index contributed by atoms with van der Waals surface area (Å²) in [6.07, 6.45) is 5.54. The van der Waals surface area contributed by atoms with Crippen LogP contribution in [0.15, 0.2) is 30.5 Å². The van der Waals surface area contributed by atoms with Crippen LogP contribution in [-0.2, 0) is 10.0 Å². The Balaban J connectivity index is 1.98. The van der Waals surface area contributed by atoms with E-state index in [-0.39, 0.29) is 5.82 Å². The number of hydrogen-bond acceptors (Lipinski definition) is 2. The van der Waals surface area contributed by atoms with Gasteiger partial charge in [-0.3, -0.25) is 0 Å². The Kier molecular flexibility index (Phi) is 3.14. The zero-order valence-corrected chi connectivity index (χ0v) is 11.9. The van der Waals surface area contributed by atoms with Gasteiger partial charge < -0.3 is 4.98 Å². The summed E-state index contributed by atoms with van der Waals surface area (Å²) in [5, 5.41) is 0.837. The number of nitrogens with one attached hydrogen (secondary N) is 1. The molecule has 1 aliphatic rings. The number of hydrogen-bond donors (Lipinski definition) is 1. The highest BCUT2D eigenvalue weighted by Crippen LogP contribution is 2.30. The van der Waals surface area contributed by atoms with Crippen LogP contribution in [0.3, 0.4) is 0 Å². The number of sulfonamides is 1. The third-order valence-electron chi connectivity index (χ3n) is 3.65. The molecule has 4 nitrogen and oxygen atoms in total. The van der Waals surface area contributed by atoms with Gasteiger partial charge in [0.25, 0.3) is 0 Å². The smallest absolute Gasteiger partial charge is 0.211 e. The Hall–Kier alpha value is -1.66. The third kappa shape index (κ3) is 2.25. The summed E-state index contributed by atoms with van der Waals surface area (Å²) in [7, 11) is -3.15. The molecule has 0 saturated heterocycles. The maximum absolute atomic E-state index is 13.6. The van der Waals surface area contributed by atoms with Gasteiger partial charge in [-0.15, -0.1) is 0 Å². The Morgan fingerprint density at radius 1 is 1.35 bits per heavy atom. The third-order valence-corrected chi connectivity index (χ3v) is 4.92. The fraction of sp³-hybridized carbons (Fsp3) is 0.286. The van der Waals surface area contributed by atoms with E-state index in [1.165, 1.54) is 16.6 Å². The molecule has 0 atom stereocenters. The second-order valence-electron chi connectivity index (χ2n) is 4.97. The molecule has 0 amide bonds. The highest BCUT2D eigenvalue weighted by Gasteiger charge is 2.21. The molecule has 0 unspecified atom stereocenters. The maximum atomic E-state index is 13.6. The molecule has 1 aromatic heterocycles. The van der Waals surface area contributed by atoms with Gasteiger partial charge in [-0.05, 0) is 18.1 Å². The number of para-hydroxylation sites is 1. The van der Waals surface area contributed by atoms with Crippen LogP contribution in [0.1, 0.15) is 12.0 Å². The Morgan fingerprint density at radius 3 is 2.80 bits per heavy atom. The number of fused-ring (bicyclic) bond motifs is 1. The highest BCUT2D eigenvalue weighted by molar-refractivity contribution is 7.88. The number of aromatic amines is 1. The molecule has 3 rings (SSSR count). The predicted octanol–water partition coefficient (Wildman–Crippen LogP) is 2.36. The normalized spacial score (nSPS) is 17.4. The average molecular weight is 294 g/mol. The number of H-pyrrole nitrogens is 1. The van der Waals surface area contributed by atoms with Crippen LogP contribution in [0.25, 0.3) is 16.5 Å². The molecule has 0 spiro atoms. The maximum Gasteiger partial charge on any atom is 0.211 e.